The van der Waals surface area contributed by atoms with Crippen molar-refractivity contribution in [2.75, 3.05) is 19.4 Å². The number of benzene rings is 1. The predicted molar refractivity (Wildman–Crippen MR) is 74.1 cm³/mol. The van der Waals surface area contributed by atoms with Crippen LogP contribution < -0.4 is 9.46 Å². The van der Waals surface area contributed by atoms with Gasteiger partial charge in [-0.3, -0.25) is 0 Å². The lowest BCUT2D eigenvalue weighted by atomic mass is 10.1. The Balaban J connectivity index is 2.89. The van der Waals surface area contributed by atoms with Crippen LogP contribution in [0.25, 0.3) is 0 Å². The molecule has 1 rings (SSSR count). The zero-order valence-electron chi connectivity index (χ0n) is 10.8. The van der Waals surface area contributed by atoms with E-state index in [1.54, 1.807) is 0 Å². The number of carbonyl (C=O) groups is 1. The Morgan fingerprint density at radius 3 is 2.38 bits per heavy atom. The van der Waals surface area contributed by atoms with E-state index in [1.165, 1.54) is 0 Å². The SMILES string of the molecule is CS(=O)(=O)NCC(S)c1cc(F)c(OCC(=O)O)c(F)c1. The highest BCUT2D eigenvalue weighted by Crippen LogP contribution is 2.28. The molecule has 0 spiro atoms. The van der Waals surface area contributed by atoms with Crippen LogP contribution in [0.15, 0.2) is 12.1 Å². The molecule has 0 aliphatic carbocycles. The lowest BCUT2D eigenvalue weighted by Crippen LogP contribution is -2.25. The molecule has 0 amide bonds. The summed E-state index contributed by atoms with van der Waals surface area (Å²) in [5.41, 5.74) is 0.0900. The number of hydrogen-bond acceptors (Lipinski definition) is 5. The molecule has 0 radical (unpaired) electrons. The largest absolute Gasteiger partial charge is 0.479 e. The van der Waals surface area contributed by atoms with E-state index in [0.29, 0.717) is 0 Å². The molecule has 1 unspecified atom stereocenters. The topological polar surface area (TPSA) is 92.7 Å². The number of thiol groups is 1. The number of aliphatic carboxylic acids is 1. The number of hydrogen-bond donors (Lipinski definition) is 3. The van der Waals surface area contributed by atoms with Crippen molar-refractivity contribution in [2.45, 2.75) is 5.25 Å². The molecule has 0 saturated heterocycles. The van der Waals surface area contributed by atoms with Gasteiger partial charge in [-0.15, -0.1) is 0 Å². The Kier molecular flexibility index (Phi) is 5.93. The van der Waals surface area contributed by atoms with Crippen molar-refractivity contribution < 1.29 is 31.8 Å². The lowest BCUT2D eigenvalue weighted by Gasteiger charge is -2.14. The smallest absolute Gasteiger partial charge is 0.341 e. The van der Waals surface area contributed by atoms with E-state index >= 15 is 0 Å². The van der Waals surface area contributed by atoms with E-state index in [2.05, 4.69) is 22.1 Å². The van der Waals surface area contributed by atoms with E-state index in [4.69, 9.17) is 5.11 Å². The van der Waals surface area contributed by atoms with Gasteiger partial charge in [-0.1, -0.05) is 0 Å². The molecule has 2 N–H and O–H groups in total. The van der Waals surface area contributed by atoms with Gasteiger partial charge >= 0.3 is 5.97 Å². The van der Waals surface area contributed by atoms with Crippen LogP contribution in [0, 0.1) is 11.6 Å². The summed E-state index contributed by atoms with van der Waals surface area (Å²) in [6.07, 6.45) is 0.942. The van der Waals surface area contributed by atoms with Crippen LogP contribution in [0.4, 0.5) is 8.78 Å². The first-order valence-electron chi connectivity index (χ1n) is 5.56. The van der Waals surface area contributed by atoms with Crippen molar-refractivity contribution in [1.29, 1.82) is 0 Å². The fourth-order valence-corrected chi connectivity index (χ4v) is 2.23. The normalized spacial score (nSPS) is 13.0. The van der Waals surface area contributed by atoms with Crippen LogP contribution in [0.3, 0.4) is 0 Å². The minimum atomic E-state index is -3.45. The van der Waals surface area contributed by atoms with Crippen LogP contribution >= 0.6 is 12.6 Å². The Morgan fingerprint density at radius 1 is 1.43 bits per heavy atom. The van der Waals surface area contributed by atoms with Crippen LogP contribution in [-0.4, -0.2) is 38.9 Å². The molecule has 21 heavy (non-hydrogen) atoms. The lowest BCUT2D eigenvalue weighted by molar-refractivity contribution is -0.139. The minimum absolute atomic E-state index is 0.0900. The van der Waals surface area contributed by atoms with E-state index < -0.39 is 45.2 Å². The first kappa shape index (κ1) is 17.7. The van der Waals surface area contributed by atoms with Gasteiger partial charge in [-0.25, -0.2) is 26.7 Å². The van der Waals surface area contributed by atoms with E-state index in [0.717, 1.165) is 18.4 Å². The molecule has 0 aliphatic heterocycles. The highest BCUT2D eigenvalue weighted by atomic mass is 32.2. The van der Waals surface area contributed by atoms with E-state index in [1.807, 2.05) is 0 Å². The van der Waals surface area contributed by atoms with Crippen LogP contribution in [0.2, 0.25) is 0 Å². The summed E-state index contributed by atoms with van der Waals surface area (Å²) < 4.78 is 55.8. The van der Waals surface area contributed by atoms with Gasteiger partial charge in [-0.2, -0.15) is 12.6 Å². The molecule has 0 heterocycles. The summed E-state index contributed by atoms with van der Waals surface area (Å²) in [5, 5.41) is 7.62. The molecule has 0 aromatic heterocycles. The molecule has 1 aromatic rings. The molecular formula is C11H13F2NO5S2. The Labute approximate surface area is 125 Å². The molecule has 0 aliphatic rings. The van der Waals surface area contributed by atoms with Gasteiger partial charge in [0, 0.05) is 11.8 Å². The van der Waals surface area contributed by atoms with Crippen LogP contribution in [0.1, 0.15) is 10.8 Å². The standard InChI is InChI=1S/C11H13F2NO5S2/c1-21(17,18)14-4-9(20)6-2-7(12)11(8(13)3-6)19-5-10(15)16/h2-3,9,14,20H,4-5H2,1H3,(H,15,16). The molecule has 1 atom stereocenters. The third-order valence-corrected chi connectivity index (χ3v) is 3.46. The second-order valence-corrected chi connectivity index (χ2v) is 6.59. The van der Waals surface area contributed by atoms with E-state index in [-0.39, 0.29) is 12.1 Å². The van der Waals surface area contributed by atoms with Gasteiger partial charge in [0.25, 0.3) is 0 Å². The summed E-state index contributed by atoms with van der Waals surface area (Å²) in [7, 11) is -3.45. The number of halogens is 2. The summed E-state index contributed by atoms with van der Waals surface area (Å²) in [6, 6.07) is 1.81. The van der Waals surface area contributed by atoms with Gasteiger partial charge in [0.15, 0.2) is 24.0 Å². The zero-order chi connectivity index (χ0) is 16.2. The summed E-state index contributed by atoms with van der Waals surface area (Å²) in [6.45, 7) is -1.04. The monoisotopic (exact) mass is 341 g/mol. The maximum Gasteiger partial charge on any atom is 0.341 e. The van der Waals surface area contributed by atoms with Crippen LogP contribution in [0.5, 0.6) is 5.75 Å². The highest BCUT2D eigenvalue weighted by molar-refractivity contribution is 7.88. The molecule has 0 bridgehead atoms. The zero-order valence-corrected chi connectivity index (χ0v) is 12.5. The third-order valence-electron chi connectivity index (χ3n) is 2.28. The number of carboxylic acid groups (broad SMARTS) is 1. The number of nitrogens with one attached hydrogen (secondary N) is 1. The molecule has 118 valence electrons. The Hall–Kier alpha value is -1.39. The predicted octanol–water partition coefficient (Wildman–Crippen LogP) is 0.948. The molecule has 1 aromatic carbocycles. The molecular weight excluding hydrogens is 328 g/mol. The first-order chi connectivity index (χ1) is 9.60. The number of carboxylic acids is 1. The Morgan fingerprint density at radius 2 is 1.95 bits per heavy atom. The fraction of sp³-hybridized carbons (Fsp3) is 0.364. The first-order valence-corrected chi connectivity index (χ1v) is 7.97. The van der Waals surface area contributed by atoms with Crippen molar-refractivity contribution in [3.8, 4) is 5.75 Å². The third kappa shape index (κ3) is 5.86. The van der Waals surface area contributed by atoms with Gasteiger partial charge in [0.2, 0.25) is 10.0 Å². The molecule has 10 heteroatoms. The molecule has 0 saturated carbocycles. The maximum absolute atomic E-state index is 13.7. The highest BCUT2D eigenvalue weighted by Gasteiger charge is 2.18. The van der Waals surface area contributed by atoms with Crippen molar-refractivity contribution in [2.24, 2.45) is 0 Å². The van der Waals surface area contributed by atoms with Crippen molar-refractivity contribution >= 4 is 28.6 Å². The molecule has 0 fully saturated rings. The average Bonchev–Trinajstić information content (AvgIpc) is 2.33. The molecule has 6 nitrogen and oxygen atoms in total. The summed E-state index contributed by atoms with van der Waals surface area (Å²) in [4.78, 5) is 10.3. The van der Waals surface area contributed by atoms with Gasteiger partial charge < -0.3 is 9.84 Å². The van der Waals surface area contributed by atoms with Crippen molar-refractivity contribution in [3.63, 3.8) is 0 Å². The van der Waals surface area contributed by atoms with Gasteiger partial charge in [0.1, 0.15) is 0 Å². The second kappa shape index (κ2) is 7.05. The van der Waals surface area contributed by atoms with Crippen LogP contribution in [-0.2, 0) is 14.8 Å². The minimum Gasteiger partial charge on any atom is -0.479 e. The Bertz CT molecular complexity index is 612. The number of rotatable bonds is 7. The number of sulfonamides is 1. The second-order valence-electron chi connectivity index (χ2n) is 4.13. The fourth-order valence-electron chi connectivity index (χ4n) is 1.39. The maximum atomic E-state index is 13.7. The quantitative estimate of drug-likeness (QED) is 0.642. The van der Waals surface area contributed by atoms with Gasteiger partial charge in [-0.05, 0) is 17.7 Å². The summed E-state index contributed by atoms with van der Waals surface area (Å²) in [5.74, 6) is -4.37. The van der Waals surface area contributed by atoms with Crippen molar-refractivity contribution in [3.05, 3.63) is 29.3 Å². The van der Waals surface area contributed by atoms with E-state index in [9.17, 15) is 22.0 Å². The van der Waals surface area contributed by atoms with Gasteiger partial charge in [0.05, 0.1) is 6.26 Å². The average molecular weight is 341 g/mol. The van der Waals surface area contributed by atoms with Crippen molar-refractivity contribution in [1.82, 2.24) is 4.72 Å². The number of ether oxygens (including phenoxy) is 1. The summed E-state index contributed by atoms with van der Waals surface area (Å²) >= 11 is 4.05.